The highest BCUT2D eigenvalue weighted by molar-refractivity contribution is 5.15. The monoisotopic (exact) mass is 197 g/mol. The minimum absolute atomic E-state index is 0. The summed E-state index contributed by atoms with van der Waals surface area (Å²) >= 11 is 0. The third kappa shape index (κ3) is 4.94. The molecule has 0 unspecified atom stereocenters. The van der Waals surface area contributed by atoms with Gasteiger partial charge in [0.05, 0.1) is 0 Å². The topological polar surface area (TPSA) is 53.6 Å². The van der Waals surface area contributed by atoms with Crippen LogP contribution < -0.4 is 0 Å². The second-order valence-electron chi connectivity index (χ2n) is 3.23. The third-order valence-corrected chi connectivity index (χ3v) is 2.10. The molecule has 0 radical (unpaired) electrons. The number of rotatable bonds is 0. The van der Waals surface area contributed by atoms with E-state index in [9.17, 15) is 0 Å². The van der Waals surface area contributed by atoms with Crippen LogP contribution in [-0.4, -0.2) is 23.7 Å². The van der Waals surface area contributed by atoms with Gasteiger partial charge in [0.25, 0.3) is 0 Å². The van der Waals surface area contributed by atoms with Gasteiger partial charge in [0.15, 0.2) is 0 Å². The fourth-order valence-corrected chi connectivity index (χ4v) is 1.07. The molecule has 1 fully saturated rings. The molecule has 3 nitrogen and oxygen atoms in total. The summed E-state index contributed by atoms with van der Waals surface area (Å²) in [6.07, 6.45) is 4.36. The molecular formula is C11H19NO2. The van der Waals surface area contributed by atoms with Crippen molar-refractivity contribution in [2.24, 2.45) is 0 Å². The van der Waals surface area contributed by atoms with E-state index in [1.165, 1.54) is 18.4 Å². The van der Waals surface area contributed by atoms with Crippen LogP contribution in [0.2, 0.25) is 0 Å². The summed E-state index contributed by atoms with van der Waals surface area (Å²) in [5, 5.41) is 0. The zero-order valence-corrected chi connectivity index (χ0v) is 8.92. The number of aromatic nitrogens is 1. The SMILES string of the molecule is C1CCOC1.Cc1cccnc1C.O. The highest BCUT2D eigenvalue weighted by Crippen LogP contribution is 1.98. The van der Waals surface area contributed by atoms with Crippen molar-refractivity contribution < 1.29 is 10.2 Å². The molecule has 2 rings (SSSR count). The Morgan fingerprint density at radius 3 is 2.14 bits per heavy atom. The Balaban J connectivity index is 0.000000246. The van der Waals surface area contributed by atoms with Crippen molar-refractivity contribution in [2.45, 2.75) is 26.7 Å². The Labute approximate surface area is 85.4 Å². The van der Waals surface area contributed by atoms with Gasteiger partial charge in [-0.15, -0.1) is 0 Å². The zero-order chi connectivity index (χ0) is 9.52. The van der Waals surface area contributed by atoms with E-state index in [-0.39, 0.29) is 5.48 Å². The molecule has 0 amide bonds. The van der Waals surface area contributed by atoms with Gasteiger partial charge in [-0.3, -0.25) is 4.98 Å². The summed E-state index contributed by atoms with van der Waals surface area (Å²) < 4.78 is 4.94. The zero-order valence-electron chi connectivity index (χ0n) is 8.92. The highest BCUT2D eigenvalue weighted by Gasteiger charge is 1.94. The van der Waals surface area contributed by atoms with Gasteiger partial charge < -0.3 is 10.2 Å². The number of hydrogen-bond donors (Lipinski definition) is 0. The summed E-state index contributed by atoms with van der Waals surface area (Å²) in [4.78, 5) is 4.08. The second-order valence-corrected chi connectivity index (χ2v) is 3.23. The molecule has 0 aliphatic carbocycles. The Hall–Kier alpha value is -0.930. The first kappa shape index (κ1) is 13.1. The summed E-state index contributed by atoms with van der Waals surface area (Å²) in [5.41, 5.74) is 2.38. The summed E-state index contributed by atoms with van der Waals surface area (Å²) in [6.45, 7) is 6.07. The lowest BCUT2D eigenvalue weighted by atomic mass is 10.2. The first-order chi connectivity index (χ1) is 6.30. The Morgan fingerprint density at radius 1 is 1.21 bits per heavy atom. The largest absolute Gasteiger partial charge is 0.412 e. The minimum Gasteiger partial charge on any atom is -0.412 e. The van der Waals surface area contributed by atoms with E-state index < -0.39 is 0 Å². The van der Waals surface area contributed by atoms with E-state index in [4.69, 9.17) is 4.74 Å². The van der Waals surface area contributed by atoms with Crippen LogP contribution in [0.4, 0.5) is 0 Å². The first-order valence-corrected chi connectivity index (χ1v) is 4.76. The lowest BCUT2D eigenvalue weighted by Crippen LogP contribution is -1.81. The average molecular weight is 197 g/mol. The smallest absolute Gasteiger partial charge is 0.0466 e. The molecule has 2 heterocycles. The standard InChI is InChI=1S/C7H9N.C4H8O.H2O/c1-6-4-3-5-8-7(6)2;1-2-4-5-3-1;/h3-5H,1-2H3;1-4H2;1H2. The van der Waals surface area contributed by atoms with E-state index in [0.29, 0.717) is 0 Å². The number of aryl methyl sites for hydroxylation is 2. The van der Waals surface area contributed by atoms with Crippen LogP contribution in [0.5, 0.6) is 0 Å². The third-order valence-electron chi connectivity index (χ3n) is 2.10. The van der Waals surface area contributed by atoms with Crippen molar-refractivity contribution in [1.82, 2.24) is 4.98 Å². The number of nitrogens with zero attached hydrogens (tertiary/aromatic N) is 1. The van der Waals surface area contributed by atoms with Crippen LogP contribution in [0.1, 0.15) is 24.1 Å². The highest BCUT2D eigenvalue weighted by atomic mass is 16.5. The molecule has 3 heteroatoms. The molecule has 14 heavy (non-hydrogen) atoms. The maximum atomic E-state index is 4.94. The van der Waals surface area contributed by atoms with Gasteiger partial charge >= 0.3 is 0 Å². The maximum Gasteiger partial charge on any atom is 0.0466 e. The predicted octanol–water partition coefficient (Wildman–Crippen LogP) is 1.67. The van der Waals surface area contributed by atoms with E-state index in [1.807, 2.05) is 19.2 Å². The molecule has 0 atom stereocenters. The van der Waals surface area contributed by atoms with E-state index in [2.05, 4.69) is 18.0 Å². The fraction of sp³-hybridized carbons (Fsp3) is 0.545. The minimum atomic E-state index is 0. The molecule has 1 aromatic rings. The normalized spacial score (nSPS) is 13.9. The molecule has 1 aromatic heterocycles. The average Bonchev–Trinajstić information content (AvgIpc) is 2.68. The van der Waals surface area contributed by atoms with Crippen LogP contribution in [0.25, 0.3) is 0 Å². The quantitative estimate of drug-likeness (QED) is 0.635. The lowest BCUT2D eigenvalue weighted by Gasteiger charge is -1.92. The number of pyridine rings is 1. The van der Waals surface area contributed by atoms with Crippen molar-refractivity contribution >= 4 is 0 Å². The van der Waals surface area contributed by atoms with Crippen LogP contribution in [-0.2, 0) is 4.74 Å². The van der Waals surface area contributed by atoms with Gasteiger partial charge in [-0.1, -0.05) is 6.07 Å². The van der Waals surface area contributed by atoms with Crippen molar-refractivity contribution in [3.8, 4) is 0 Å². The van der Waals surface area contributed by atoms with E-state index >= 15 is 0 Å². The molecule has 0 bridgehead atoms. The van der Waals surface area contributed by atoms with Crippen molar-refractivity contribution in [3.63, 3.8) is 0 Å². The van der Waals surface area contributed by atoms with Gasteiger partial charge in [-0.05, 0) is 38.3 Å². The number of ether oxygens (including phenoxy) is 1. The van der Waals surface area contributed by atoms with Gasteiger partial charge in [0.2, 0.25) is 0 Å². The molecule has 1 aliphatic rings. The van der Waals surface area contributed by atoms with Crippen LogP contribution in [0.15, 0.2) is 18.3 Å². The van der Waals surface area contributed by atoms with Gasteiger partial charge in [-0.2, -0.15) is 0 Å². The Morgan fingerprint density at radius 2 is 1.86 bits per heavy atom. The first-order valence-electron chi connectivity index (χ1n) is 4.76. The molecular weight excluding hydrogens is 178 g/mol. The molecule has 1 saturated heterocycles. The van der Waals surface area contributed by atoms with Crippen molar-refractivity contribution in [3.05, 3.63) is 29.6 Å². The van der Waals surface area contributed by atoms with Gasteiger partial charge in [0, 0.05) is 25.1 Å². The molecule has 0 spiro atoms. The van der Waals surface area contributed by atoms with Crippen molar-refractivity contribution in [1.29, 1.82) is 0 Å². The maximum absolute atomic E-state index is 4.94. The van der Waals surface area contributed by atoms with Crippen molar-refractivity contribution in [2.75, 3.05) is 13.2 Å². The Kier molecular flexibility index (Phi) is 6.98. The van der Waals surface area contributed by atoms with E-state index in [1.54, 1.807) is 0 Å². The summed E-state index contributed by atoms with van der Waals surface area (Å²) in [6, 6.07) is 4.00. The lowest BCUT2D eigenvalue weighted by molar-refractivity contribution is 0.198. The van der Waals surface area contributed by atoms with Crippen LogP contribution in [0.3, 0.4) is 0 Å². The molecule has 2 N–H and O–H groups in total. The summed E-state index contributed by atoms with van der Waals surface area (Å²) in [7, 11) is 0. The van der Waals surface area contributed by atoms with Crippen LogP contribution >= 0.6 is 0 Å². The molecule has 0 saturated carbocycles. The van der Waals surface area contributed by atoms with E-state index in [0.717, 1.165) is 18.9 Å². The number of hydrogen-bond acceptors (Lipinski definition) is 2. The Bertz CT molecular complexity index is 218. The summed E-state index contributed by atoms with van der Waals surface area (Å²) in [5.74, 6) is 0. The molecule has 80 valence electrons. The fourth-order valence-electron chi connectivity index (χ4n) is 1.07. The van der Waals surface area contributed by atoms with Gasteiger partial charge in [-0.25, -0.2) is 0 Å². The van der Waals surface area contributed by atoms with Gasteiger partial charge in [0.1, 0.15) is 0 Å². The second kappa shape index (κ2) is 7.47. The molecule has 1 aliphatic heterocycles. The predicted molar refractivity (Wildman–Crippen MR) is 57.4 cm³/mol. The molecule has 0 aromatic carbocycles. The van der Waals surface area contributed by atoms with Crippen LogP contribution in [0, 0.1) is 13.8 Å².